The van der Waals surface area contributed by atoms with E-state index in [1.165, 1.54) is 5.56 Å². The van der Waals surface area contributed by atoms with Crippen molar-refractivity contribution in [2.45, 2.75) is 32.6 Å². The van der Waals surface area contributed by atoms with Crippen molar-refractivity contribution >= 4 is 5.91 Å². The number of carbonyl (C=O) groups excluding carboxylic acids is 1. The van der Waals surface area contributed by atoms with E-state index in [1.54, 1.807) is 7.11 Å². The number of hydrogen-bond donors (Lipinski definition) is 2. The van der Waals surface area contributed by atoms with Gasteiger partial charge in [0.05, 0.1) is 6.61 Å². The summed E-state index contributed by atoms with van der Waals surface area (Å²) in [5.41, 5.74) is 1.24. The van der Waals surface area contributed by atoms with Crippen molar-refractivity contribution in [3.05, 3.63) is 29.8 Å². The zero-order chi connectivity index (χ0) is 17.4. The molecule has 1 aromatic carbocycles. The number of methoxy groups -OCH3 is 1. The van der Waals surface area contributed by atoms with Gasteiger partial charge in [-0.3, -0.25) is 4.79 Å². The van der Waals surface area contributed by atoms with E-state index in [0.717, 1.165) is 31.7 Å². The lowest BCUT2D eigenvalue weighted by Gasteiger charge is -2.37. The van der Waals surface area contributed by atoms with Crippen molar-refractivity contribution in [1.29, 1.82) is 0 Å². The van der Waals surface area contributed by atoms with Gasteiger partial charge in [-0.05, 0) is 49.5 Å². The highest BCUT2D eigenvalue weighted by Gasteiger charge is 2.32. The van der Waals surface area contributed by atoms with Crippen LogP contribution in [0.4, 0.5) is 0 Å². The highest BCUT2D eigenvalue weighted by atomic mass is 16.5. The van der Waals surface area contributed by atoms with Crippen molar-refractivity contribution in [1.82, 2.24) is 10.6 Å². The van der Waals surface area contributed by atoms with Crippen LogP contribution in [0.25, 0.3) is 0 Å². The predicted octanol–water partition coefficient (Wildman–Crippen LogP) is 2.32. The van der Waals surface area contributed by atoms with Gasteiger partial charge in [-0.2, -0.15) is 0 Å². The molecule has 0 atom stereocenters. The molecule has 0 spiro atoms. The number of amides is 1. The second-order valence-electron chi connectivity index (χ2n) is 6.98. The number of carbonyl (C=O) groups is 1. The van der Waals surface area contributed by atoms with Crippen molar-refractivity contribution < 1.29 is 14.3 Å². The van der Waals surface area contributed by atoms with Crippen LogP contribution in [0.3, 0.4) is 0 Å². The Balaban J connectivity index is 1.81. The summed E-state index contributed by atoms with van der Waals surface area (Å²) >= 11 is 0. The van der Waals surface area contributed by atoms with Crippen LogP contribution >= 0.6 is 0 Å². The van der Waals surface area contributed by atoms with Gasteiger partial charge in [-0.15, -0.1) is 0 Å². The maximum absolute atomic E-state index is 12.1. The zero-order valence-corrected chi connectivity index (χ0v) is 15.1. The van der Waals surface area contributed by atoms with Crippen LogP contribution in [0.2, 0.25) is 0 Å². The molecule has 0 radical (unpaired) electrons. The van der Waals surface area contributed by atoms with Crippen molar-refractivity contribution in [3.8, 4) is 5.75 Å². The fraction of sp³-hybridized carbons (Fsp3) is 0.632. The molecule has 5 nitrogen and oxygen atoms in total. The minimum absolute atomic E-state index is 0.0349. The molecule has 0 saturated carbocycles. The largest absolute Gasteiger partial charge is 0.484 e. The second-order valence-corrected chi connectivity index (χ2v) is 6.98. The summed E-state index contributed by atoms with van der Waals surface area (Å²) < 4.78 is 11.0. The minimum Gasteiger partial charge on any atom is -0.484 e. The molecule has 0 aliphatic carbocycles. The van der Waals surface area contributed by atoms with Gasteiger partial charge in [-0.25, -0.2) is 0 Å². The molecule has 5 heteroatoms. The molecule has 1 heterocycles. The molecule has 0 unspecified atom stereocenters. The number of benzene rings is 1. The van der Waals surface area contributed by atoms with Gasteiger partial charge in [0.25, 0.3) is 5.91 Å². The average Bonchev–Trinajstić information content (AvgIpc) is 2.59. The molecule has 1 saturated heterocycles. The van der Waals surface area contributed by atoms with Crippen LogP contribution in [0.1, 0.15) is 38.2 Å². The smallest absolute Gasteiger partial charge is 0.257 e. The molecule has 1 fully saturated rings. The molecule has 0 bridgehead atoms. The number of piperidine rings is 1. The van der Waals surface area contributed by atoms with Crippen LogP contribution in [-0.2, 0) is 9.53 Å². The maximum atomic E-state index is 12.1. The number of rotatable bonds is 8. The fourth-order valence-corrected chi connectivity index (χ4v) is 3.08. The van der Waals surface area contributed by atoms with E-state index < -0.39 is 0 Å². The maximum Gasteiger partial charge on any atom is 0.257 e. The van der Waals surface area contributed by atoms with Gasteiger partial charge in [-0.1, -0.05) is 26.0 Å². The third-order valence-electron chi connectivity index (χ3n) is 4.67. The van der Waals surface area contributed by atoms with Gasteiger partial charge >= 0.3 is 0 Å². The molecular formula is C19H30N2O3. The average molecular weight is 334 g/mol. The topological polar surface area (TPSA) is 59.6 Å². The SMILES string of the molecule is COCC1(CNC(=O)COc2cccc(C(C)C)c2)CCNCC1. The Hall–Kier alpha value is -1.59. The highest BCUT2D eigenvalue weighted by Crippen LogP contribution is 2.28. The Kier molecular flexibility index (Phi) is 7.06. The lowest BCUT2D eigenvalue weighted by Crippen LogP contribution is -2.47. The normalized spacial score (nSPS) is 16.8. The molecule has 1 aromatic rings. The van der Waals surface area contributed by atoms with Crippen LogP contribution < -0.4 is 15.4 Å². The van der Waals surface area contributed by atoms with E-state index in [9.17, 15) is 4.79 Å². The lowest BCUT2D eigenvalue weighted by molar-refractivity contribution is -0.124. The molecule has 24 heavy (non-hydrogen) atoms. The Bertz CT molecular complexity index is 520. The van der Waals surface area contributed by atoms with Gasteiger partial charge in [0.1, 0.15) is 5.75 Å². The predicted molar refractivity (Wildman–Crippen MR) is 95.4 cm³/mol. The molecule has 2 N–H and O–H groups in total. The molecule has 2 rings (SSSR count). The lowest BCUT2D eigenvalue weighted by atomic mass is 9.79. The third kappa shape index (κ3) is 5.49. The molecule has 1 aliphatic heterocycles. The van der Waals surface area contributed by atoms with Crippen molar-refractivity contribution in [2.24, 2.45) is 5.41 Å². The molecular weight excluding hydrogens is 304 g/mol. The van der Waals surface area contributed by atoms with Crippen LogP contribution in [0, 0.1) is 5.41 Å². The first-order chi connectivity index (χ1) is 11.5. The highest BCUT2D eigenvalue weighted by molar-refractivity contribution is 5.77. The van der Waals surface area contributed by atoms with Gasteiger partial charge in [0.15, 0.2) is 6.61 Å². The first kappa shape index (κ1) is 18.7. The van der Waals surface area contributed by atoms with E-state index in [0.29, 0.717) is 19.1 Å². The summed E-state index contributed by atoms with van der Waals surface area (Å²) in [7, 11) is 1.72. The first-order valence-corrected chi connectivity index (χ1v) is 8.74. The van der Waals surface area contributed by atoms with Gasteiger partial charge in [0.2, 0.25) is 0 Å². The van der Waals surface area contributed by atoms with E-state index in [1.807, 2.05) is 18.2 Å². The molecule has 134 valence electrons. The van der Waals surface area contributed by atoms with E-state index >= 15 is 0 Å². The van der Waals surface area contributed by atoms with Crippen molar-refractivity contribution in [2.75, 3.05) is 40.0 Å². The Morgan fingerprint density at radius 1 is 1.33 bits per heavy atom. The Labute approximate surface area is 145 Å². The third-order valence-corrected chi connectivity index (χ3v) is 4.67. The summed E-state index contributed by atoms with van der Waals surface area (Å²) in [5, 5.41) is 6.37. The molecule has 1 aliphatic rings. The second kappa shape index (κ2) is 9.04. The first-order valence-electron chi connectivity index (χ1n) is 8.74. The van der Waals surface area contributed by atoms with E-state index in [2.05, 4.69) is 30.5 Å². The van der Waals surface area contributed by atoms with Crippen LogP contribution in [0.5, 0.6) is 5.75 Å². The summed E-state index contributed by atoms with van der Waals surface area (Å²) in [6.45, 7) is 7.57. The monoisotopic (exact) mass is 334 g/mol. The van der Waals surface area contributed by atoms with Gasteiger partial charge < -0.3 is 20.1 Å². The standard InChI is InChI=1S/C19H30N2O3/c1-15(2)16-5-4-6-17(11-16)24-12-18(22)21-13-19(14-23-3)7-9-20-10-8-19/h4-6,11,15,20H,7-10,12-14H2,1-3H3,(H,21,22). The quantitative estimate of drug-likeness (QED) is 0.766. The molecule has 1 amide bonds. The van der Waals surface area contributed by atoms with E-state index in [4.69, 9.17) is 9.47 Å². The number of ether oxygens (including phenoxy) is 2. The van der Waals surface area contributed by atoms with Crippen molar-refractivity contribution in [3.63, 3.8) is 0 Å². The number of hydrogen-bond acceptors (Lipinski definition) is 4. The Morgan fingerprint density at radius 3 is 2.75 bits per heavy atom. The van der Waals surface area contributed by atoms with Crippen LogP contribution in [-0.4, -0.2) is 45.9 Å². The molecule has 0 aromatic heterocycles. The summed E-state index contributed by atoms with van der Waals surface area (Å²) in [6.07, 6.45) is 2.02. The van der Waals surface area contributed by atoms with E-state index in [-0.39, 0.29) is 17.9 Å². The number of nitrogens with one attached hydrogen (secondary N) is 2. The zero-order valence-electron chi connectivity index (χ0n) is 15.1. The van der Waals surface area contributed by atoms with Gasteiger partial charge in [0, 0.05) is 19.1 Å². The summed E-state index contributed by atoms with van der Waals surface area (Å²) in [4.78, 5) is 12.1. The van der Waals surface area contributed by atoms with Crippen LogP contribution in [0.15, 0.2) is 24.3 Å². The summed E-state index contributed by atoms with van der Waals surface area (Å²) in [6, 6.07) is 7.92. The fourth-order valence-electron chi connectivity index (χ4n) is 3.08. The summed E-state index contributed by atoms with van der Waals surface area (Å²) in [5.74, 6) is 1.10. The minimum atomic E-state index is -0.0843. The Morgan fingerprint density at radius 2 is 2.08 bits per heavy atom.